The molecule has 2 aliphatic rings. The van der Waals surface area contributed by atoms with Crippen LogP contribution in [0.2, 0.25) is 0 Å². The van der Waals surface area contributed by atoms with E-state index in [4.69, 9.17) is 0 Å². The maximum Gasteiger partial charge on any atom is 0.239 e. The molecule has 2 atom stereocenters. The Morgan fingerprint density at radius 3 is 2.48 bits per heavy atom. The summed E-state index contributed by atoms with van der Waals surface area (Å²) in [4.78, 5) is 29.5. The number of hydrogen-bond donors (Lipinski definition) is 1. The van der Waals surface area contributed by atoms with E-state index in [0.717, 1.165) is 42.7 Å². The summed E-state index contributed by atoms with van der Waals surface area (Å²) in [5, 5.41) is 3.15. The number of carbonyl (C=O) groups is 2. The third kappa shape index (κ3) is 3.98. The Balaban J connectivity index is 0.00000225. The number of aryl methyl sites for hydroxylation is 2. The Labute approximate surface area is 156 Å². The van der Waals surface area contributed by atoms with Crippen molar-refractivity contribution in [1.82, 2.24) is 10.2 Å². The first-order valence-corrected chi connectivity index (χ1v) is 8.86. The standard InChI is InChI=1S/C19H27N3O2.ClH/c1-13-9-14(2)11-16(10-13)22-8-6-17(19(22)24)18(23)21-7-4-5-15(21)12-20-3;/h9-11,15,17,20H,4-8,12H2,1-3H3;1H. The molecule has 2 aliphatic heterocycles. The van der Waals surface area contributed by atoms with Gasteiger partial charge in [-0.3, -0.25) is 9.59 Å². The number of halogens is 1. The summed E-state index contributed by atoms with van der Waals surface area (Å²) < 4.78 is 0. The second-order valence-corrected chi connectivity index (χ2v) is 7.06. The van der Waals surface area contributed by atoms with Gasteiger partial charge in [0.15, 0.2) is 0 Å². The van der Waals surface area contributed by atoms with E-state index in [-0.39, 0.29) is 30.3 Å². The molecule has 0 aromatic heterocycles. The highest BCUT2D eigenvalue weighted by Gasteiger charge is 2.42. The normalized spacial score (nSPS) is 23.1. The molecule has 2 fully saturated rings. The van der Waals surface area contributed by atoms with Crippen LogP contribution in [0.4, 0.5) is 5.69 Å². The van der Waals surface area contributed by atoms with Gasteiger partial charge in [-0.05, 0) is 63.4 Å². The van der Waals surface area contributed by atoms with Crippen molar-refractivity contribution in [3.8, 4) is 0 Å². The number of carbonyl (C=O) groups excluding carboxylic acids is 2. The summed E-state index contributed by atoms with van der Waals surface area (Å²) in [7, 11) is 1.91. The molecule has 138 valence electrons. The molecule has 1 aromatic rings. The van der Waals surface area contributed by atoms with Gasteiger partial charge < -0.3 is 15.1 Å². The Hall–Kier alpha value is -1.59. The number of nitrogens with one attached hydrogen (secondary N) is 1. The highest BCUT2D eigenvalue weighted by Crippen LogP contribution is 2.30. The lowest BCUT2D eigenvalue weighted by Gasteiger charge is -2.27. The van der Waals surface area contributed by atoms with E-state index >= 15 is 0 Å². The van der Waals surface area contributed by atoms with Crippen LogP contribution in [0.1, 0.15) is 30.4 Å². The van der Waals surface area contributed by atoms with Gasteiger partial charge in [-0.25, -0.2) is 0 Å². The van der Waals surface area contributed by atoms with Crippen molar-refractivity contribution in [3.63, 3.8) is 0 Å². The van der Waals surface area contributed by atoms with Gasteiger partial charge in [0.1, 0.15) is 5.92 Å². The number of benzene rings is 1. The molecule has 2 unspecified atom stereocenters. The zero-order valence-corrected chi connectivity index (χ0v) is 16.1. The summed E-state index contributed by atoms with van der Waals surface area (Å²) in [6.07, 6.45) is 2.67. The molecule has 1 N–H and O–H groups in total. The second kappa shape index (κ2) is 8.19. The average Bonchev–Trinajstić information content (AvgIpc) is 3.13. The summed E-state index contributed by atoms with van der Waals surface area (Å²) in [5.74, 6) is -0.534. The third-order valence-corrected chi connectivity index (χ3v) is 5.12. The number of likely N-dealkylation sites (N-methyl/N-ethyl adjacent to an activating group) is 1. The number of anilines is 1. The molecule has 2 amide bonds. The number of likely N-dealkylation sites (tertiary alicyclic amines) is 1. The maximum atomic E-state index is 12.9. The predicted octanol–water partition coefficient (Wildman–Crippen LogP) is 2.29. The average molecular weight is 366 g/mol. The van der Waals surface area contributed by atoms with E-state index in [0.29, 0.717) is 13.0 Å². The lowest BCUT2D eigenvalue weighted by molar-refractivity contribution is -0.140. The number of rotatable bonds is 4. The van der Waals surface area contributed by atoms with Crippen molar-refractivity contribution < 1.29 is 9.59 Å². The van der Waals surface area contributed by atoms with Crippen LogP contribution in [-0.2, 0) is 9.59 Å². The fourth-order valence-corrected chi connectivity index (χ4v) is 4.05. The van der Waals surface area contributed by atoms with Crippen LogP contribution in [0, 0.1) is 19.8 Å². The maximum absolute atomic E-state index is 12.9. The molecule has 0 spiro atoms. The molecule has 1 aromatic carbocycles. The van der Waals surface area contributed by atoms with Crippen LogP contribution in [0.25, 0.3) is 0 Å². The van der Waals surface area contributed by atoms with Crippen LogP contribution in [0.3, 0.4) is 0 Å². The van der Waals surface area contributed by atoms with Gasteiger partial charge in [-0.15, -0.1) is 12.4 Å². The van der Waals surface area contributed by atoms with Crippen LogP contribution < -0.4 is 10.2 Å². The van der Waals surface area contributed by atoms with Crippen LogP contribution in [0.15, 0.2) is 18.2 Å². The van der Waals surface area contributed by atoms with Crippen molar-refractivity contribution in [2.45, 2.75) is 39.2 Å². The highest BCUT2D eigenvalue weighted by atomic mass is 35.5. The van der Waals surface area contributed by atoms with Gasteiger partial charge in [0, 0.05) is 31.4 Å². The van der Waals surface area contributed by atoms with E-state index in [2.05, 4.69) is 11.4 Å². The monoisotopic (exact) mass is 365 g/mol. The lowest BCUT2D eigenvalue weighted by Crippen LogP contribution is -2.45. The van der Waals surface area contributed by atoms with E-state index in [1.165, 1.54) is 0 Å². The van der Waals surface area contributed by atoms with Gasteiger partial charge in [-0.1, -0.05) is 6.07 Å². The quantitative estimate of drug-likeness (QED) is 0.833. The first-order chi connectivity index (χ1) is 11.5. The summed E-state index contributed by atoms with van der Waals surface area (Å²) in [6.45, 7) is 6.27. The van der Waals surface area contributed by atoms with Crippen molar-refractivity contribution in [3.05, 3.63) is 29.3 Å². The molecular weight excluding hydrogens is 338 g/mol. The minimum absolute atomic E-state index is 0. The lowest BCUT2D eigenvalue weighted by atomic mass is 10.1. The number of amides is 2. The van der Waals surface area contributed by atoms with E-state index in [1.807, 2.05) is 37.9 Å². The highest BCUT2D eigenvalue weighted by molar-refractivity contribution is 6.09. The summed E-state index contributed by atoms with van der Waals surface area (Å²) >= 11 is 0. The van der Waals surface area contributed by atoms with Crippen molar-refractivity contribution >= 4 is 29.9 Å². The fourth-order valence-electron chi connectivity index (χ4n) is 4.05. The van der Waals surface area contributed by atoms with Gasteiger partial charge in [0.05, 0.1) is 0 Å². The molecule has 0 aliphatic carbocycles. The molecule has 2 heterocycles. The Kier molecular flexibility index (Phi) is 6.47. The van der Waals surface area contributed by atoms with E-state index in [1.54, 1.807) is 4.90 Å². The minimum atomic E-state index is -0.511. The number of nitrogens with zero attached hydrogens (tertiary/aromatic N) is 2. The first kappa shape index (κ1) is 19.7. The molecule has 2 saturated heterocycles. The molecule has 3 rings (SSSR count). The van der Waals surface area contributed by atoms with E-state index < -0.39 is 5.92 Å². The van der Waals surface area contributed by atoms with Gasteiger partial charge >= 0.3 is 0 Å². The topological polar surface area (TPSA) is 52.7 Å². The van der Waals surface area contributed by atoms with Crippen LogP contribution in [-0.4, -0.2) is 49.4 Å². The summed E-state index contributed by atoms with van der Waals surface area (Å²) in [5.41, 5.74) is 3.20. The Morgan fingerprint density at radius 1 is 1.16 bits per heavy atom. The minimum Gasteiger partial charge on any atom is -0.338 e. The Morgan fingerprint density at radius 2 is 1.84 bits per heavy atom. The van der Waals surface area contributed by atoms with Crippen molar-refractivity contribution in [1.29, 1.82) is 0 Å². The zero-order chi connectivity index (χ0) is 17.3. The molecule has 25 heavy (non-hydrogen) atoms. The molecule has 0 radical (unpaired) electrons. The molecule has 0 bridgehead atoms. The van der Waals surface area contributed by atoms with Gasteiger partial charge in [-0.2, -0.15) is 0 Å². The molecule has 6 heteroatoms. The van der Waals surface area contributed by atoms with Crippen LogP contribution >= 0.6 is 12.4 Å². The van der Waals surface area contributed by atoms with E-state index in [9.17, 15) is 9.59 Å². The summed E-state index contributed by atoms with van der Waals surface area (Å²) in [6, 6.07) is 6.37. The fraction of sp³-hybridized carbons (Fsp3) is 0.579. The molecule has 0 saturated carbocycles. The van der Waals surface area contributed by atoms with Gasteiger partial charge in [0.25, 0.3) is 0 Å². The van der Waals surface area contributed by atoms with Crippen molar-refractivity contribution in [2.24, 2.45) is 5.92 Å². The first-order valence-electron chi connectivity index (χ1n) is 8.86. The predicted molar refractivity (Wildman–Crippen MR) is 102 cm³/mol. The van der Waals surface area contributed by atoms with Crippen LogP contribution in [0.5, 0.6) is 0 Å². The smallest absolute Gasteiger partial charge is 0.239 e. The zero-order valence-electron chi connectivity index (χ0n) is 15.2. The van der Waals surface area contributed by atoms with Gasteiger partial charge in [0.2, 0.25) is 11.8 Å². The second-order valence-electron chi connectivity index (χ2n) is 7.06. The molecule has 5 nitrogen and oxygen atoms in total. The van der Waals surface area contributed by atoms with Crippen molar-refractivity contribution in [2.75, 3.05) is 31.6 Å². The Bertz CT molecular complexity index is 629. The number of hydrogen-bond acceptors (Lipinski definition) is 3. The largest absolute Gasteiger partial charge is 0.338 e. The third-order valence-electron chi connectivity index (χ3n) is 5.12. The molecular formula is C19H28ClN3O2. The SMILES string of the molecule is CNCC1CCCN1C(=O)C1CCN(c2cc(C)cc(C)c2)C1=O.Cl.